The van der Waals surface area contributed by atoms with Gasteiger partial charge in [-0.2, -0.15) is 0 Å². The number of nitrogens with zero attached hydrogens (tertiary/aromatic N) is 4. The quantitative estimate of drug-likeness (QED) is 0.259. The molecule has 0 atom stereocenters. The zero-order valence-electron chi connectivity index (χ0n) is 15.3. The van der Waals surface area contributed by atoms with Crippen molar-refractivity contribution in [1.82, 2.24) is 13.9 Å². The fourth-order valence-electron chi connectivity index (χ4n) is 3.58. The van der Waals surface area contributed by atoms with Crippen LogP contribution in [-0.2, 0) is 13.1 Å². The summed E-state index contributed by atoms with van der Waals surface area (Å²) in [4.78, 5) is 4.99. The summed E-state index contributed by atoms with van der Waals surface area (Å²) >= 11 is 12.9. The molecule has 2 heterocycles. The van der Waals surface area contributed by atoms with Crippen molar-refractivity contribution < 1.29 is 0 Å². The second-order valence-corrected chi connectivity index (χ2v) is 9.06. The van der Waals surface area contributed by atoms with Crippen LogP contribution >= 0.6 is 44.1 Å². The number of halogens is 2. The highest BCUT2D eigenvalue weighted by atomic mass is 79.9. The molecule has 0 bridgehead atoms. The summed E-state index contributed by atoms with van der Waals surface area (Å²) in [6.45, 7) is 1.47. The maximum Gasteiger partial charge on any atom is 0.232 e. The zero-order valence-corrected chi connectivity index (χ0v) is 19.3. The fraction of sp³-hybridized carbons (Fsp3) is 0.0909. The van der Waals surface area contributed by atoms with E-state index in [1.807, 2.05) is 36.4 Å². The molecular weight excluding hydrogens is 512 g/mol. The van der Waals surface area contributed by atoms with Gasteiger partial charge in [0.05, 0.1) is 24.5 Å². The highest BCUT2D eigenvalue weighted by Crippen LogP contribution is 2.21. The maximum atomic E-state index is 5.91. The van der Waals surface area contributed by atoms with E-state index in [4.69, 9.17) is 17.2 Å². The summed E-state index contributed by atoms with van der Waals surface area (Å²) in [5.41, 5.74) is 5.29. The van der Waals surface area contributed by atoms with Crippen molar-refractivity contribution in [3.63, 3.8) is 0 Å². The van der Waals surface area contributed by atoms with Gasteiger partial charge in [-0.25, -0.2) is 9.67 Å². The van der Waals surface area contributed by atoms with E-state index in [0.29, 0.717) is 0 Å². The molecule has 1 aliphatic rings. The molecule has 7 heteroatoms. The van der Waals surface area contributed by atoms with E-state index < -0.39 is 0 Å². The van der Waals surface area contributed by atoms with Crippen molar-refractivity contribution in [3.8, 4) is 5.69 Å². The first-order valence-electron chi connectivity index (χ1n) is 9.16. The molecule has 1 aromatic heterocycles. The molecule has 0 amide bonds. The van der Waals surface area contributed by atoms with Crippen molar-refractivity contribution in [1.29, 1.82) is 0 Å². The lowest BCUT2D eigenvalue weighted by molar-refractivity contribution is 0.463. The monoisotopic (exact) mass is 526 g/mol. The van der Waals surface area contributed by atoms with Crippen LogP contribution in [-0.4, -0.2) is 13.9 Å². The topological polar surface area (TPSA) is 27.1 Å². The van der Waals surface area contributed by atoms with E-state index in [0.717, 1.165) is 43.8 Å². The number of rotatable bonds is 2. The van der Waals surface area contributed by atoms with Crippen LogP contribution in [0.2, 0.25) is 0 Å². The van der Waals surface area contributed by atoms with Gasteiger partial charge < -0.3 is 0 Å². The van der Waals surface area contributed by atoms with Crippen LogP contribution < -0.4 is 5.62 Å². The first-order chi connectivity index (χ1) is 14.1. The first-order valence-corrected chi connectivity index (χ1v) is 11.2. The smallest absolute Gasteiger partial charge is 0.232 e. The normalized spacial score (nSPS) is 13.2. The molecule has 0 unspecified atom stereocenters. The Kier molecular flexibility index (Phi) is 4.89. The zero-order chi connectivity index (χ0) is 20.0. The molecule has 4 nitrogen and oxygen atoms in total. The second kappa shape index (κ2) is 7.55. The molecular formula is C22H16Br2N4S. The van der Waals surface area contributed by atoms with Crippen LogP contribution in [0.1, 0.15) is 11.1 Å². The summed E-state index contributed by atoms with van der Waals surface area (Å²) in [6.07, 6.45) is 0. The standard InChI is InChI=1S/C22H16Br2N4S/c23-17-5-9-19(10-6-17)25-21-26-13-15-3-1-2-4-16(15)14-27(26)22(29)28(21)20-11-7-18(24)8-12-20/h1-12H,13-14H2. The SMILES string of the molecule is S=c1n(-c2ccc(Br)cc2)c(=Nc2ccc(Br)cc2)n2n1Cc1ccccc1C2. The van der Waals surface area contributed by atoms with Crippen LogP contribution in [0.3, 0.4) is 0 Å². The molecule has 144 valence electrons. The van der Waals surface area contributed by atoms with E-state index in [-0.39, 0.29) is 0 Å². The number of hydrogen-bond acceptors (Lipinski definition) is 2. The molecule has 29 heavy (non-hydrogen) atoms. The highest BCUT2D eigenvalue weighted by molar-refractivity contribution is 9.10. The predicted molar refractivity (Wildman–Crippen MR) is 124 cm³/mol. The molecule has 3 aromatic carbocycles. The van der Waals surface area contributed by atoms with Gasteiger partial charge in [0.15, 0.2) is 0 Å². The first kappa shape index (κ1) is 18.8. The Hall–Kier alpha value is -2.22. The van der Waals surface area contributed by atoms with Gasteiger partial charge in [0.2, 0.25) is 10.4 Å². The Labute approximate surface area is 190 Å². The third-order valence-corrected chi connectivity index (χ3v) is 6.48. The Morgan fingerprint density at radius 1 is 0.724 bits per heavy atom. The van der Waals surface area contributed by atoms with Crippen LogP contribution in [0.25, 0.3) is 5.69 Å². The van der Waals surface area contributed by atoms with Crippen molar-refractivity contribution in [2.24, 2.45) is 4.99 Å². The Morgan fingerprint density at radius 3 is 1.90 bits per heavy atom. The predicted octanol–water partition coefficient (Wildman–Crippen LogP) is 5.98. The number of fused-ring (bicyclic) bond motifs is 2. The third-order valence-electron chi connectivity index (χ3n) is 5.03. The molecule has 0 spiro atoms. The van der Waals surface area contributed by atoms with Gasteiger partial charge in [-0.15, -0.1) is 0 Å². The minimum atomic E-state index is 0.734. The van der Waals surface area contributed by atoms with E-state index in [2.05, 4.69) is 82.2 Å². The van der Waals surface area contributed by atoms with Crippen LogP contribution in [0, 0.1) is 4.77 Å². The van der Waals surface area contributed by atoms with Crippen molar-refractivity contribution in [3.05, 3.63) is 103 Å². The molecule has 0 radical (unpaired) electrons. The lowest BCUT2D eigenvalue weighted by Crippen LogP contribution is -2.31. The van der Waals surface area contributed by atoms with Gasteiger partial charge in [-0.05, 0) is 71.9 Å². The van der Waals surface area contributed by atoms with Gasteiger partial charge in [0, 0.05) is 8.95 Å². The average molecular weight is 528 g/mol. The van der Waals surface area contributed by atoms with Gasteiger partial charge >= 0.3 is 0 Å². The summed E-state index contributed by atoms with van der Waals surface area (Å²) in [7, 11) is 0. The minimum absolute atomic E-state index is 0.734. The number of hydrogen-bond donors (Lipinski definition) is 0. The summed E-state index contributed by atoms with van der Waals surface area (Å²) < 4.78 is 9.16. The van der Waals surface area contributed by atoms with Crippen molar-refractivity contribution in [2.45, 2.75) is 13.1 Å². The third kappa shape index (κ3) is 3.47. The highest BCUT2D eigenvalue weighted by Gasteiger charge is 2.20. The second-order valence-electron chi connectivity index (χ2n) is 6.87. The largest absolute Gasteiger partial charge is 0.254 e. The molecule has 1 aliphatic heterocycles. The van der Waals surface area contributed by atoms with Crippen LogP contribution in [0.4, 0.5) is 5.69 Å². The molecule has 0 N–H and O–H groups in total. The number of aromatic nitrogens is 3. The van der Waals surface area contributed by atoms with Crippen LogP contribution in [0.5, 0.6) is 0 Å². The molecule has 0 fully saturated rings. The lowest BCUT2D eigenvalue weighted by atomic mass is 10.1. The number of benzene rings is 3. The lowest BCUT2D eigenvalue weighted by Gasteiger charge is -2.20. The molecule has 0 saturated carbocycles. The molecule has 5 rings (SSSR count). The van der Waals surface area contributed by atoms with Gasteiger partial charge in [0.1, 0.15) is 0 Å². The molecule has 4 aromatic rings. The average Bonchev–Trinajstić information content (AvgIpc) is 3.00. The fourth-order valence-corrected chi connectivity index (χ4v) is 4.46. The summed E-state index contributed by atoms with van der Waals surface area (Å²) in [5.74, 6) is 0. The van der Waals surface area contributed by atoms with E-state index >= 15 is 0 Å². The minimum Gasteiger partial charge on any atom is -0.254 e. The summed E-state index contributed by atoms with van der Waals surface area (Å²) in [5, 5.41) is 0. The van der Waals surface area contributed by atoms with Gasteiger partial charge in [-0.1, -0.05) is 56.1 Å². The Balaban J connectivity index is 1.79. The maximum absolute atomic E-state index is 5.91. The van der Waals surface area contributed by atoms with Crippen molar-refractivity contribution in [2.75, 3.05) is 0 Å². The Morgan fingerprint density at radius 2 is 1.28 bits per heavy atom. The Bertz CT molecular complexity index is 1330. The molecule has 0 saturated heterocycles. The molecule has 0 aliphatic carbocycles. The van der Waals surface area contributed by atoms with Crippen molar-refractivity contribution >= 4 is 49.8 Å². The summed E-state index contributed by atoms with van der Waals surface area (Å²) in [6, 6.07) is 24.7. The van der Waals surface area contributed by atoms with E-state index in [1.165, 1.54) is 11.1 Å². The van der Waals surface area contributed by atoms with E-state index in [1.54, 1.807) is 0 Å². The van der Waals surface area contributed by atoms with E-state index in [9.17, 15) is 0 Å². The van der Waals surface area contributed by atoms with Gasteiger partial charge in [0.25, 0.3) is 0 Å². The van der Waals surface area contributed by atoms with Crippen LogP contribution in [0.15, 0.2) is 86.7 Å². The van der Waals surface area contributed by atoms with Gasteiger partial charge in [-0.3, -0.25) is 9.25 Å².